The topological polar surface area (TPSA) is 54.4 Å². The molecule has 26 heavy (non-hydrogen) atoms. The van der Waals surface area contributed by atoms with E-state index >= 15 is 0 Å². The summed E-state index contributed by atoms with van der Waals surface area (Å²) in [5.41, 5.74) is 0. The fourth-order valence-corrected chi connectivity index (χ4v) is 18.8. The Hall–Kier alpha value is 0.293. The molecule has 1 aromatic rings. The summed E-state index contributed by atoms with van der Waals surface area (Å²) in [5.74, 6) is 0. The molecule has 0 bridgehead atoms. The summed E-state index contributed by atoms with van der Waals surface area (Å²) in [5, 5.41) is 0. The zero-order valence-corrected chi connectivity index (χ0v) is 20.9. The van der Waals surface area contributed by atoms with E-state index in [4.69, 9.17) is 4.55 Å². The van der Waals surface area contributed by atoms with Gasteiger partial charge < -0.3 is 0 Å². The molecule has 0 aliphatic heterocycles. The molecule has 0 aromatic heterocycles. The first-order valence-corrected chi connectivity index (χ1v) is 16.8. The van der Waals surface area contributed by atoms with Crippen molar-refractivity contribution in [2.75, 3.05) is 6.26 Å². The van der Waals surface area contributed by atoms with Gasteiger partial charge >= 0.3 is 127 Å². The quantitative estimate of drug-likeness (QED) is 0.388. The molecular formula is C19H33BiFO3S2. The van der Waals surface area contributed by atoms with Crippen LogP contribution in [-0.2, 0) is 10.1 Å². The van der Waals surface area contributed by atoms with Crippen molar-refractivity contribution in [2.24, 2.45) is 0 Å². The van der Waals surface area contributed by atoms with Gasteiger partial charge in [0.1, 0.15) is 0 Å². The predicted octanol–water partition coefficient (Wildman–Crippen LogP) is 5.09. The van der Waals surface area contributed by atoms with E-state index in [1.807, 2.05) is 3.27 Å². The van der Waals surface area contributed by atoms with E-state index in [0.717, 1.165) is 0 Å². The van der Waals surface area contributed by atoms with Gasteiger partial charge in [-0.2, -0.15) is 21.9 Å². The summed E-state index contributed by atoms with van der Waals surface area (Å²) < 4.78 is 30.1. The van der Waals surface area contributed by atoms with Crippen LogP contribution in [0.25, 0.3) is 0 Å². The van der Waals surface area contributed by atoms with E-state index in [1.165, 1.54) is 45.8 Å². The molecule has 1 N–H and O–H groups in total. The van der Waals surface area contributed by atoms with Gasteiger partial charge in [0.15, 0.2) is 0 Å². The molecule has 1 aromatic carbocycles. The van der Waals surface area contributed by atoms with Crippen LogP contribution in [0.1, 0.15) is 64.2 Å². The molecule has 3 nitrogen and oxygen atoms in total. The Kier molecular flexibility index (Phi) is 13.6. The van der Waals surface area contributed by atoms with Crippen molar-refractivity contribution in [2.45, 2.75) is 71.5 Å². The van der Waals surface area contributed by atoms with Gasteiger partial charge in [0.05, 0.1) is 6.26 Å². The van der Waals surface area contributed by atoms with Gasteiger partial charge in [-0.15, -0.1) is 0 Å². The van der Waals surface area contributed by atoms with Gasteiger partial charge in [-0.05, 0) is 0 Å². The van der Waals surface area contributed by atoms with Gasteiger partial charge in [-0.1, -0.05) is 0 Å². The maximum atomic E-state index is 9.19. The molecule has 2 aliphatic carbocycles. The van der Waals surface area contributed by atoms with E-state index in [9.17, 15) is 8.42 Å². The predicted molar refractivity (Wildman–Crippen MR) is 114 cm³/mol. The molecule has 2 saturated carbocycles. The van der Waals surface area contributed by atoms with Crippen LogP contribution >= 0.6 is 13.5 Å². The zero-order chi connectivity index (χ0) is 17.4. The molecule has 0 atom stereocenters. The molecule has 0 amide bonds. The summed E-state index contributed by atoms with van der Waals surface area (Å²) in [6.45, 7) is 0. The van der Waals surface area contributed by atoms with Crippen molar-refractivity contribution in [3.05, 3.63) is 30.3 Å². The van der Waals surface area contributed by atoms with Crippen LogP contribution in [0.4, 0.5) is 4.70 Å². The zero-order valence-electron chi connectivity index (χ0n) is 15.6. The Balaban J connectivity index is 0.000000798. The monoisotopic (exact) mass is 601 g/mol. The average molecular weight is 602 g/mol. The second-order valence-corrected chi connectivity index (χ2v) is 19.4. The van der Waals surface area contributed by atoms with E-state index < -0.39 is 31.9 Å². The van der Waals surface area contributed by atoms with E-state index in [2.05, 4.69) is 30.3 Å². The summed E-state index contributed by atoms with van der Waals surface area (Å²) in [7, 11) is -3.67. The molecule has 7 heteroatoms. The molecule has 1 radical (unpaired) electrons. The number of halogens is 1. The number of benzene rings is 1. The molecule has 151 valence electrons. The van der Waals surface area contributed by atoms with Crippen molar-refractivity contribution in [3.63, 3.8) is 0 Å². The van der Waals surface area contributed by atoms with Crippen LogP contribution in [0.5, 0.6) is 0 Å². The van der Waals surface area contributed by atoms with Crippen LogP contribution < -0.4 is 3.27 Å². The van der Waals surface area contributed by atoms with Crippen molar-refractivity contribution in [1.82, 2.24) is 0 Å². The van der Waals surface area contributed by atoms with Crippen molar-refractivity contribution < 1.29 is 17.7 Å². The summed E-state index contributed by atoms with van der Waals surface area (Å²) in [6, 6.07) is 11.8. The van der Waals surface area contributed by atoms with E-state index in [1.54, 1.807) is 25.7 Å². The van der Waals surface area contributed by atoms with Gasteiger partial charge in [-0.25, -0.2) is 0 Å². The van der Waals surface area contributed by atoms with Crippen molar-refractivity contribution >= 4 is 48.6 Å². The third kappa shape index (κ3) is 10.0. The number of hydrogen-bond donors (Lipinski definition) is 1. The first kappa shape index (κ1) is 26.3. The summed E-state index contributed by atoms with van der Waals surface area (Å²) in [4.78, 5) is 0. The second kappa shape index (κ2) is 13.5. The molecule has 2 aliphatic rings. The first-order valence-electron chi connectivity index (χ1n) is 9.21. The third-order valence-electron chi connectivity index (χ3n) is 4.99. The Labute approximate surface area is 173 Å². The normalized spacial score (nSPS) is 18.9. The van der Waals surface area contributed by atoms with Crippen LogP contribution in [0.15, 0.2) is 30.3 Å². The average Bonchev–Trinajstić information content (AvgIpc) is 2.57. The molecular weight excluding hydrogens is 568 g/mol. The Morgan fingerprint density at radius 1 is 0.846 bits per heavy atom. The molecule has 0 unspecified atom stereocenters. The Morgan fingerprint density at radius 2 is 1.19 bits per heavy atom. The van der Waals surface area contributed by atoms with E-state index in [-0.39, 0.29) is 18.2 Å². The SMILES string of the molecule is CS(=O)(=O)O.S.[F].c1cc[c]([Bi]([CH]2CCCCC2)[CH]2CCCCC2)cc1. The van der Waals surface area contributed by atoms with Gasteiger partial charge in [0.2, 0.25) is 0 Å². The van der Waals surface area contributed by atoms with Crippen molar-refractivity contribution in [3.8, 4) is 0 Å². The molecule has 3 rings (SSSR count). The molecule has 2 fully saturated rings. The minimum absolute atomic E-state index is 0. The van der Waals surface area contributed by atoms with Gasteiger partial charge in [-0.3, -0.25) is 4.55 Å². The summed E-state index contributed by atoms with van der Waals surface area (Å²) in [6.07, 6.45) is 16.1. The standard InChI is InChI=1S/2C6H11.C6H5.CH4O3S.Bi.F.H2S/c3*1-2-4-6-5-3-1;1-5(2,3)4;;;/h2*1H,2-6H2;1-5H;1H3,(H,2,3,4);;;1H2. The second-order valence-electron chi connectivity index (χ2n) is 7.06. The summed E-state index contributed by atoms with van der Waals surface area (Å²) >= 11 is -1.51. The van der Waals surface area contributed by atoms with Crippen LogP contribution in [0.2, 0.25) is 7.25 Å². The Morgan fingerprint density at radius 3 is 1.54 bits per heavy atom. The molecule has 0 saturated heterocycles. The number of rotatable bonds is 3. The van der Waals surface area contributed by atoms with Crippen molar-refractivity contribution in [1.29, 1.82) is 0 Å². The first-order chi connectivity index (χ1) is 11.4. The maximum absolute atomic E-state index is 9.19. The number of hydrogen-bond acceptors (Lipinski definition) is 2. The van der Waals surface area contributed by atoms with Crippen LogP contribution in [0, 0.1) is 0 Å². The van der Waals surface area contributed by atoms with Gasteiger partial charge in [0.25, 0.3) is 10.1 Å². The van der Waals surface area contributed by atoms with E-state index in [0.29, 0.717) is 6.26 Å². The Bertz CT molecular complexity index is 546. The fourth-order valence-electron chi connectivity index (χ4n) is 4.04. The van der Waals surface area contributed by atoms with Gasteiger partial charge in [0, 0.05) is 4.70 Å². The molecule has 0 spiro atoms. The molecule has 0 heterocycles. The van der Waals surface area contributed by atoms with Crippen LogP contribution in [0.3, 0.4) is 0 Å². The van der Waals surface area contributed by atoms with Crippen LogP contribution in [-0.4, -0.2) is 41.0 Å². The third-order valence-corrected chi connectivity index (χ3v) is 18.6. The minimum atomic E-state index is -3.67. The fraction of sp³-hybridized carbons (Fsp3) is 0.684.